The number of rotatable bonds is 7. The average molecular weight is 275 g/mol. The topological polar surface area (TPSA) is 25.2 Å². The molecular weight excluding hydrogens is 253 g/mol. The fraction of sp³-hybridized carbons (Fsp3) is 0.412. The summed E-state index contributed by atoms with van der Waals surface area (Å²) in [6.07, 6.45) is 2.43. The van der Waals surface area contributed by atoms with Crippen molar-refractivity contribution in [2.75, 3.05) is 6.54 Å². The van der Waals surface area contributed by atoms with Gasteiger partial charge in [0.25, 0.3) is 0 Å². The number of hydrogen-bond acceptors (Lipinski definition) is 2. The van der Waals surface area contributed by atoms with Crippen LogP contribution in [-0.4, -0.2) is 6.54 Å². The van der Waals surface area contributed by atoms with E-state index in [1.165, 1.54) is 25.0 Å². The molecule has 3 heteroatoms. The molecule has 0 radical (unpaired) electrons. The van der Waals surface area contributed by atoms with Crippen LogP contribution in [0.5, 0.6) is 0 Å². The third kappa shape index (κ3) is 4.49. The summed E-state index contributed by atoms with van der Waals surface area (Å²) in [5.74, 6) is 2.22. The highest BCUT2D eigenvalue weighted by molar-refractivity contribution is 5.57. The van der Waals surface area contributed by atoms with E-state index in [1.807, 2.05) is 12.1 Å². The molecule has 108 valence electrons. The van der Waals surface area contributed by atoms with Gasteiger partial charge in [0.15, 0.2) is 0 Å². The molecule has 0 spiro atoms. The fourth-order valence-corrected chi connectivity index (χ4v) is 2.09. The van der Waals surface area contributed by atoms with Crippen LogP contribution in [-0.2, 0) is 6.54 Å². The molecule has 0 unspecified atom stereocenters. The molecule has 2 aromatic rings. The van der Waals surface area contributed by atoms with Gasteiger partial charge in [-0.15, -0.1) is 0 Å². The smallest absolute Gasteiger partial charge is 0.134 e. The molecule has 2 nitrogen and oxygen atoms in total. The minimum atomic E-state index is -0.229. The highest BCUT2D eigenvalue weighted by Crippen LogP contribution is 2.22. The van der Waals surface area contributed by atoms with Crippen LogP contribution in [0.2, 0.25) is 0 Å². The Labute approximate surface area is 120 Å². The molecule has 0 aliphatic heterocycles. The minimum Gasteiger partial charge on any atom is -0.460 e. The van der Waals surface area contributed by atoms with E-state index in [1.54, 1.807) is 12.1 Å². The quantitative estimate of drug-likeness (QED) is 0.746. The molecule has 1 heterocycles. The summed E-state index contributed by atoms with van der Waals surface area (Å²) in [7, 11) is 0. The van der Waals surface area contributed by atoms with Crippen molar-refractivity contribution >= 4 is 0 Å². The summed E-state index contributed by atoms with van der Waals surface area (Å²) in [6.45, 7) is 6.22. The van der Waals surface area contributed by atoms with Gasteiger partial charge in [0.1, 0.15) is 17.3 Å². The van der Waals surface area contributed by atoms with E-state index in [4.69, 9.17) is 4.42 Å². The first kappa shape index (κ1) is 14.8. The lowest BCUT2D eigenvalue weighted by Gasteiger charge is -2.05. The van der Waals surface area contributed by atoms with E-state index < -0.39 is 0 Å². The summed E-state index contributed by atoms with van der Waals surface area (Å²) < 4.78 is 18.6. The third-order valence-corrected chi connectivity index (χ3v) is 3.22. The zero-order valence-corrected chi connectivity index (χ0v) is 12.2. The molecule has 0 saturated heterocycles. The summed E-state index contributed by atoms with van der Waals surface area (Å²) in [5, 5.41) is 3.38. The first-order chi connectivity index (χ1) is 9.65. The van der Waals surface area contributed by atoms with Gasteiger partial charge >= 0.3 is 0 Å². The maximum atomic E-state index is 12.9. The molecule has 0 atom stereocenters. The molecule has 0 fully saturated rings. The van der Waals surface area contributed by atoms with Gasteiger partial charge in [0, 0.05) is 5.56 Å². The van der Waals surface area contributed by atoms with Crippen molar-refractivity contribution < 1.29 is 8.81 Å². The first-order valence-electron chi connectivity index (χ1n) is 7.20. The molecule has 0 amide bonds. The Hall–Kier alpha value is -1.61. The number of halogens is 1. The van der Waals surface area contributed by atoms with Crippen LogP contribution in [0.4, 0.5) is 4.39 Å². The van der Waals surface area contributed by atoms with Crippen LogP contribution in [0.25, 0.3) is 11.3 Å². The molecule has 1 aromatic heterocycles. The highest BCUT2D eigenvalue weighted by Gasteiger charge is 2.04. The van der Waals surface area contributed by atoms with Gasteiger partial charge in [-0.1, -0.05) is 13.8 Å². The lowest BCUT2D eigenvalue weighted by molar-refractivity contribution is 0.476. The molecular formula is C17H22FNO. The molecule has 0 bridgehead atoms. The van der Waals surface area contributed by atoms with E-state index in [0.29, 0.717) is 0 Å². The van der Waals surface area contributed by atoms with E-state index in [0.717, 1.165) is 36.1 Å². The fourth-order valence-electron chi connectivity index (χ4n) is 2.09. The predicted octanol–water partition coefficient (Wildman–Crippen LogP) is 4.61. The number of nitrogens with one attached hydrogen (secondary N) is 1. The van der Waals surface area contributed by atoms with Crippen molar-refractivity contribution in [2.24, 2.45) is 5.92 Å². The van der Waals surface area contributed by atoms with Crippen LogP contribution in [0, 0.1) is 11.7 Å². The normalized spacial score (nSPS) is 11.2. The van der Waals surface area contributed by atoms with Crippen molar-refractivity contribution in [1.29, 1.82) is 0 Å². The molecule has 2 rings (SSSR count). The summed E-state index contributed by atoms with van der Waals surface area (Å²) in [6, 6.07) is 10.2. The summed E-state index contributed by atoms with van der Waals surface area (Å²) in [5.41, 5.74) is 0.900. The molecule has 20 heavy (non-hydrogen) atoms. The molecule has 0 aliphatic rings. The van der Waals surface area contributed by atoms with Gasteiger partial charge in [0.05, 0.1) is 6.54 Å². The largest absolute Gasteiger partial charge is 0.460 e. The van der Waals surface area contributed by atoms with Gasteiger partial charge in [0.2, 0.25) is 0 Å². The molecule has 0 saturated carbocycles. The maximum absolute atomic E-state index is 12.9. The second-order valence-corrected chi connectivity index (χ2v) is 5.49. The lowest BCUT2D eigenvalue weighted by atomic mass is 10.1. The lowest BCUT2D eigenvalue weighted by Crippen LogP contribution is -2.14. The minimum absolute atomic E-state index is 0.229. The zero-order valence-electron chi connectivity index (χ0n) is 12.2. The Morgan fingerprint density at radius 3 is 2.55 bits per heavy atom. The monoisotopic (exact) mass is 275 g/mol. The van der Waals surface area contributed by atoms with Gasteiger partial charge in [-0.2, -0.15) is 0 Å². The van der Waals surface area contributed by atoms with Gasteiger partial charge in [-0.25, -0.2) is 4.39 Å². The highest BCUT2D eigenvalue weighted by atomic mass is 19.1. The molecule has 1 N–H and O–H groups in total. The second-order valence-electron chi connectivity index (χ2n) is 5.49. The van der Waals surface area contributed by atoms with E-state index in [-0.39, 0.29) is 5.82 Å². The maximum Gasteiger partial charge on any atom is 0.134 e. The van der Waals surface area contributed by atoms with E-state index in [2.05, 4.69) is 19.2 Å². The molecule has 1 aromatic carbocycles. The van der Waals surface area contributed by atoms with Gasteiger partial charge in [-0.3, -0.25) is 0 Å². The Kier molecular flexibility index (Phi) is 5.36. The number of furan rings is 1. The van der Waals surface area contributed by atoms with Crippen molar-refractivity contribution in [3.8, 4) is 11.3 Å². The van der Waals surface area contributed by atoms with E-state index in [9.17, 15) is 4.39 Å². The SMILES string of the molecule is CC(C)CCCNCc1ccc(-c2ccc(F)cc2)o1. The van der Waals surface area contributed by atoms with Crippen LogP contribution < -0.4 is 5.32 Å². The van der Waals surface area contributed by atoms with Gasteiger partial charge in [-0.05, 0) is 61.7 Å². The second kappa shape index (κ2) is 7.25. The number of hydrogen-bond donors (Lipinski definition) is 1. The zero-order chi connectivity index (χ0) is 14.4. The van der Waals surface area contributed by atoms with Crippen molar-refractivity contribution in [3.63, 3.8) is 0 Å². The number of benzene rings is 1. The van der Waals surface area contributed by atoms with E-state index >= 15 is 0 Å². The predicted molar refractivity (Wildman–Crippen MR) is 79.9 cm³/mol. The van der Waals surface area contributed by atoms with Crippen molar-refractivity contribution in [3.05, 3.63) is 48.0 Å². The van der Waals surface area contributed by atoms with Crippen molar-refractivity contribution in [1.82, 2.24) is 5.32 Å². The van der Waals surface area contributed by atoms with Crippen LogP contribution >= 0.6 is 0 Å². The molecule has 0 aliphatic carbocycles. The summed E-state index contributed by atoms with van der Waals surface area (Å²) in [4.78, 5) is 0. The van der Waals surface area contributed by atoms with Crippen LogP contribution in [0.15, 0.2) is 40.8 Å². The standard InChI is InChI=1S/C17H22FNO/c1-13(2)4-3-11-19-12-16-9-10-17(20-16)14-5-7-15(18)8-6-14/h5-10,13,19H,3-4,11-12H2,1-2H3. The Morgan fingerprint density at radius 2 is 1.85 bits per heavy atom. The van der Waals surface area contributed by atoms with Crippen molar-refractivity contribution in [2.45, 2.75) is 33.2 Å². The Morgan fingerprint density at radius 1 is 1.10 bits per heavy atom. The first-order valence-corrected chi connectivity index (χ1v) is 7.20. The van der Waals surface area contributed by atoms with Crippen LogP contribution in [0.3, 0.4) is 0 Å². The van der Waals surface area contributed by atoms with Crippen LogP contribution in [0.1, 0.15) is 32.4 Å². The Balaban J connectivity index is 1.82. The third-order valence-electron chi connectivity index (χ3n) is 3.22. The average Bonchev–Trinajstić information content (AvgIpc) is 2.87. The summed E-state index contributed by atoms with van der Waals surface area (Å²) >= 11 is 0. The Bertz CT molecular complexity index is 516. The van der Waals surface area contributed by atoms with Gasteiger partial charge < -0.3 is 9.73 Å².